The average molecular weight is 333 g/mol. The topological polar surface area (TPSA) is 41.9 Å². The molecule has 4 heteroatoms. The summed E-state index contributed by atoms with van der Waals surface area (Å²) in [7, 11) is 3.43. The van der Waals surface area contributed by atoms with Crippen molar-refractivity contribution in [2.75, 3.05) is 27.3 Å². The van der Waals surface area contributed by atoms with E-state index in [0.717, 1.165) is 43.7 Å². The van der Waals surface area contributed by atoms with E-state index in [-0.39, 0.29) is 6.10 Å². The molecular weight excluding hydrogens is 302 g/mol. The SMILES string of the molecule is COCc1cc2c(cc1OC)C1CC(O)C(CC(C)C)CN1CC2. The highest BCUT2D eigenvalue weighted by atomic mass is 16.5. The van der Waals surface area contributed by atoms with E-state index in [1.54, 1.807) is 14.2 Å². The van der Waals surface area contributed by atoms with Gasteiger partial charge in [0.25, 0.3) is 0 Å². The van der Waals surface area contributed by atoms with Crippen molar-refractivity contribution in [3.8, 4) is 5.75 Å². The minimum absolute atomic E-state index is 0.204. The predicted octanol–water partition coefficient (Wildman–Crippen LogP) is 3.17. The van der Waals surface area contributed by atoms with Gasteiger partial charge >= 0.3 is 0 Å². The molecule has 1 saturated heterocycles. The summed E-state index contributed by atoms with van der Waals surface area (Å²) in [5, 5.41) is 10.7. The Morgan fingerprint density at radius 3 is 2.75 bits per heavy atom. The van der Waals surface area contributed by atoms with Crippen LogP contribution in [-0.2, 0) is 17.8 Å². The summed E-state index contributed by atoms with van der Waals surface area (Å²) in [6, 6.07) is 4.73. The molecule has 1 fully saturated rings. The van der Waals surface area contributed by atoms with Crippen LogP contribution in [-0.4, -0.2) is 43.4 Å². The van der Waals surface area contributed by atoms with Crippen LogP contribution < -0.4 is 4.74 Å². The third-order valence-corrected chi connectivity index (χ3v) is 5.56. The smallest absolute Gasteiger partial charge is 0.124 e. The summed E-state index contributed by atoms with van der Waals surface area (Å²) in [6.45, 7) is 7.15. The van der Waals surface area contributed by atoms with Crippen LogP contribution in [0.15, 0.2) is 12.1 Å². The average Bonchev–Trinajstić information content (AvgIpc) is 2.55. The van der Waals surface area contributed by atoms with Gasteiger partial charge in [-0.05, 0) is 54.4 Å². The molecule has 2 aliphatic heterocycles. The highest BCUT2D eigenvalue weighted by Gasteiger charge is 2.38. The van der Waals surface area contributed by atoms with Crippen LogP contribution in [0, 0.1) is 11.8 Å². The molecule has 0 amide bonds. The lowest BCUT2D eigenvalue weighted by Crippen LogP contribution is -2.48. The molecule has 3 atom stereocenters. The molecule has 0 spiro atoms. The Morgan fingerprint density at radius 2 is 2.08 bits per heavy atom. The molecule has 0 aliphatic carbocycles. The molecule has 0 aromatic heterocycles. The lowest BCUT2D eigenvalue weighted by Gasteiger charge is -2.46. The fraction of sp³-hybridized carbons (Fsp3) is 0.700. The monoisotopic (exact) mass is 333 g/mol. The number of hydrogen-bond donors (Lipinski definition) is 1. The molecule has 24 heavy (non-hydrogen) atoms. The number of piperidine rings is 1. The van der Waals surface area contributed by atoms with E-state index in [2.05, 4.69) is 30.9 Å². The van der Waals surface area contributed by atoms with Crippen molar-refractivity contribution in [1.29, 1.82) is 0 Å². The Labute approximate surface area is 145 Å². The molecule has 0 saturated carbocycles. The molecule has 4 nitrogen and oxygen atoms in total. The second kappa shape index (κ2) is 7.42. The fourth-order valence-electron chi connectivity index (χ4n) is 4.47. The lowest BCUT2D eigenvalue weighted by atomic mass is 9.79. The molecule has 134 valence electrons. The summed E-state index contributed by atoms with van der Waals surface area (Å²) >= 11 is 0. The Balaban J connectivity index is 1.86. The van der Waals surface area contributed by atoms with E-state index in [4.69, 9.17) is 9.47 Å². The van der Waals surface area contributed by atoms with Crippen molar-refractivity contribution in [2.24, 2.45) is 11.8 Å². The van der Waals surface area contributed by atoms with Gasteiger partial charge in [0, 0.05) is 31.8 Å². The number of benzene rings is 1. The molecule has 1 aromatic rings. The number of aliphatic hydroxyl groups excluding tert-OH is 1. The Hall–Kier alpha value is -1.10. The molecule has 2 aliphatic rings. The molecule has 0 radical (unpaired) electrons. The normalized spacial score (nSPS) is 27.0. The van der Waals surface area contributed by atoms with Crippen molar-refractivity contribution in [2.45, 2.75) is 51.9 Å². The highest BCUT2D eigenvalue weighted by Crippen LogP contribution is 2.42. The van der Waals surface area contributed by atoms with Crippen LogP contribution in [0.5, 0.6) is 5.75 Å². The van der Waals surface area contributed by atoms with E-state index in [1.165, 1.54) is 11.1 Å². The second-order valence-corrected chi connectivity index (χ2v) is 7.75. The van der Waals surface area contributed by atoms with Crippen molar-refractivity contribution in [1.82, 2.24) is 4.90 Å². The van der Waals surface area contributed by atoms with Crippen LogP contribution in [0.4, 0.5) is 0 Å². The van der Waals surface area contributed by atoms with Gasteiger partial charge in [-0.3, -0.25) is 4.90 Å². The number of ether oxygens (including phenoxy) is 2. The number of fused-ring (bicyclic) bond motifs is 3. The largest absolute Gasteiger partial charge is 0.496 e. The van der Waals surface area contributed by atoms with E-state index in [0.29, 0.717) is 24.5 Å². The molecule has 0 bridgehead atoms. The predicted molar refractivity (Wildman–Crippen MR) is 95.3 cm³/mol. The van der Waals surface area contributed by atoms with Crippen molar-refractivity contribution >= 4 is 0 Å². The molecule has 2 heterocycles. The number of rotatable bonds is 5. The molecular formula is C20H31NO3. The maximum atomic E-state index is 10.7. The highest BCUT2D eigenvalue weighted by molar-refractivity contribution is 5.45. The first kappa shape index (κ1) is 17.7. The molecule has 1 N–H and O–H groups in total. The molecule has 1 aromatic carbocycles. The van der Waals surface area contributed by atoms with Crippen LogP contribution in [0.2, 0.25) is 0 Å². The van der Waals surface area contributed by atoms with Crippen LogP contribution >= 0.6 is 0 Å². The fourth-order valence-corrected chi connectivity index (χ4v) is 4.47. The Morgan fingerprint density at radius 1 is 1.29 bits per heavy atom. The van der Waals surface area contributed by atoms with Crippen LogP contribution in [0.3, 0.4) is 0 Å². The number of methoxy groups -OCH3 is 2. The quantitative estimate of drug-likeness (QED) is 0.899. The summed E-state index contributed by atoms with van der Waals surface area (Å²) in [4.78, 5) is 2.57. The van der Waals surface area contributed by atoms with Crippen molar-refractivity contribution in [3.05, 3.63) is 28.8 Å². The minimum atomic E-state index is -0.204. The van der Waals surface area contributed by atoms with Gasteiger partial charge in [-0.2, -0.15) is 0 Å². The number of nitrogens with zero attached hydrogens (tertiary/aromatic N) is 1. The van der Waals surface area contributed by atoms with Crippen molar-refractivity contribution < 1.29 is 14.6 Å². The first-order chi connectivity index (χ1) is 11.5. The van der Waals surface area contributed by atoms with E-state index in [1.807, 2.05) is 0 Å². The zero-order chi connectivity index (χ0) is 17.3. The van der Waals surface area contributed by atoms with Gasteiger partial charge in [-0.15, -0.1) is 0 Å². The van der Waals surface area contributed by atoms with Gasteiger partial charge in [0.15, 0.2) is 0 Å². The summed E-state index contributed by atoms with van der Waals surface area (Å²) in [5.74, 6) is 1.93. The third kappa shape index (κ3) is 3.46. The van der Waals surface area contributed by atoms with Gasteiger partial charge in [0.2, 0.25) is 0 Å². The summed E-state index contributed by atoms with van der Waals surface area (Å²) < 4.78 is 10.9. The zero-order valence-electron chi connectivity index (χ0n) is 15.4. The van der Waals surface area contributed by atoms with Gasteiger partial charge in [-0.1, -0.05) is 13.8 Å². The molecule has 3 rings (SSSR count). The minimum Gasteiger partial charge on any atom is -0.496 e. The standard InChI is InChI=1S/C20H31NO3/c1-13(2)7-15-11-21-6-5-14-8-16(12-23-3)20(24-4)9-17(14)18(21)10-19(15)22/h8-9,13,15,18-19,22H,5-7,10-12H2,1-4H3. The van der Waals surface area contributed by atoms with Gasteiger partial charge in [0.05, 0.1) is 19.8 Å². The van der Waals surface area contributed by atoms with Crippen LogP contribution in [0.1, 0.15) is 49.4 Å². The van der Waals surface area contributed by atoms with Gasteiger partial charge in [-0.25, -0.2) is 0 Å². The van der Waals surface area contributed by atoms with Gasteiger partial charge in [0.1, 0.15) is 5.75 Å². The first-order valence-corrected chi connectivity index (χ1v) is 9.14. The first-order valence-electron chi connectivity index (χ1n) is 9.14. The van der Waals surface area contributed by atoms with E-state index >= 15 is 0 Å². The third-order valence-electron chi connectivity index (χ3n) is 5.56. The van der Waals surface area contributed by atoms with Gasteiger partial charge < -0.3 is 14.6 Å². The summed E-state index contributed by atoms with van der Waals surface area (Å²) in [6.07, 6.45) is 2.80. The molecule has 3 unspecified atom stereocenters. The van der Waals surface area contributed by atoms with Crippen molar-refractivity contribution in [3.63, 3.8) is 0 Å². The maximum Gasteiger partial charge on any atom is 0.124 e. The summed E-state index contributed by atoms with van der Waals surface area (Å²) in [5.41, 5.74) is 3.83. The Kier molecular flexibility index (Phi) is 5.48. The maximum absolute atomic E-state index is 10.7. The second-order valence-electron chi connectivity index (χ2n) is 7.75. The van der Waals surface area contributed by atoms with E-state index in [9.17, 15) is 5.11 Å². The van der Waals surface area contributed by atoms with Crippen LogP contribution in [0.25, 0.3) is 0 Å². The van der Waals surface area contributed by atoms with E-state index < -0.39 is 0 Å². The lowest BCUT2D eigenvalue weighted by molar-refractivity contribution is -0.0191. The Bertz CT molecular complexity index is 572. The number of aliphatic hydroxyl groups is 1. The number of hydrogen-bond acceptors (Lipinski definition) is 4. The zero-order valence-corrected chi connectivity index (χ0v) is 15.4.